The van der Waals surface area contributed by atoms with Crippen LogP contribution in [-0.2, 0) is 26.5 Å². The Bertz CT molecular complexity index is 2500. The predicted molar refractivity (Wildman–Crippen MR) is 235 cm³/mol. The Morgan fingerprint density at radius 1 is 0.917 bits per heavy atom. The topological polar surface area (TPSA) is 109 Å². The van der Waals surface area contributed by atoms with Gasteiger partial charge in [-0.1, -0.05) is 85.3 Å². The fourth-order valence-electron chi connectivity index (χ4n) is 10.3. The van der Waals surface area contributed by atoms with Crippen LogP contribution in [0.4, 0.5) is 17.1 Å². The second kappa shape index (κ2) is 15.5. The lowest BCUT2D eigenvalue weighted by Crippen LogP contribution is -2.52. The molecule has 60 heavy (non-hydrogen) atoms. The molecule has 2 saturated heterocycles. The van der Waals surface area contributed by atoms with E-state index in [9.17, 15) is 14.7 Å². The average Bonchev–Trinajstić information content (AvgIpc) is 3.89. The number of likely N-dealkylation sites (tertiary alicyclic amines) is 1. The summed E-state index contributed by atoms with van der Waals surface area (Å²) < 4.78 is 19.0. The van der Waals surface area contributed by atoms with Gasteiger partial charge in [0.2, 0.25) is 5.91 Å². The number of para-hydroxylation sites is 3. The van der Waals surface area contributed by atoms with Crippen molar-refractivity contribution < 1.29 is 33.7 Å². The number of ether oxygens (including phenoxy) is 3. The van der Waals surface area contributed by atoms with Crippen LogP contribution in [-0.4, -0.2) is 68.2 Å². The third-order valence-corrected chi connectivity index (χ3v) is 17.8. The first-order valence-corrected chi connectivity index (χ1v) is 24.1. The highest BCUT2D eigenvalue weighted by atomic mass is 35.5. The van der Waals surface area contributed by atoms with Gasteiger partial charge in [-0.3, -0.25) is 19.3 Å². The van der Waals surface area contributed by atoms with Crippen LogP contribution in [0.3, 0.4) is 0 Å². The normalized spacial score (nSPS) is 23.3. The van der Waals surface area contributed by atoms with E-state index >= 15 is 4.79 Å². The highest BCUT2D eigenvalue weighted by Gasteiger charge is 2.66. The van der Waals surface area contributed by atoms with Crippen LogP contribution in [0.2, 0.25) is 23.7 Å². The Morgan fingerprint density at radius 3 is 2.43 bits per heavy atom. The van der Waals surface area contributed by atoms with Crippen LogP contribution in [0.15, 0.2) is 115 Å². The maximum Gasteiger partial charge on any atom is 0.266 e. The lowest BCUT2D eigenvalue weighted by atomic mass is 9.82. The molecule has 1 spiro atoms. The standard InChI is InChI=1S/C48H48ClN3O7Si/c1-30-45(60(3,4)36-21-19-35(57-2)20-22-36)43(27-44(54)50-24-10-13-34(50)29-53)59-48(30)38-26-32(49)18-23-39(38)51(47(48)56)28-31-11-9-12-33(25-31)52-40-15-6-8-17-42(40)58-41-16-7-5-14-37(41)46(52)55/h5-9,11-12,14-23,25-26,30,34,43,45,53H,10,13,24,27-29H2,1-4H3/t30-,34-,43+,45-,48+/m0/s1. The number of rotatable bonds is 9. The Morgan fingerprint density at radius 2 is 1.67 bits per heavy atom. The number of anilines is 3. The summed E-state index contributed by atoms with van der Waals surface area (Å²) in [6, 6.07) is 35.7. The van der Waals surface area contributed by atoms with E-state index in [4.69, 9.17) is 25.8 Å². The van der Waals surface area contributed by atoms with Crippen molar-refractivity contribution in [1.29, 1.82) is 0 Å². The monoisotopic (exact) mass is 841 g/mol. The zero-order chi connectivity index (χ0) is 41.9. The van der Waals surface area contributed by atoms with Crippen molar-refractivity contribution in [1.82, 2.24) is 4.90 Å². The highest BCUT2D eigenvalue weighted by molar-refractivity contribution is 6.91. The number of halogens is 1. The van der Waals surface area contributed by atoms with Gasteiger partial charge in [-0.2, -0.15) is 0 Å². The van der Waals surface area contributed by atoms with Crippen molar-refractivity contribution in [2.45, 2.75) is 69.1 Å². The lowest BCUT2D eigenvalue weighted by Gasteiger charge is -2.37. The molecule has 2 fully saturated rings. The van der Waals surface area contributed by atoms with Gasteiger partial charge in [0.1, 0.15) is 11.5 Å². The summed E-state index contributed by atoms with van der Waals surface area (Å²) in [5.74, 6) is 0.913. The van der Waals surface area contributed by atoms with Crippen LogP contribution < -0.4 is 24.5 Å². The van der Waals surface area contributed by atoms with Crippen LogP contribution >= 0.6 is 11.6 Å². The van der Waals surface area contributed by atoms with Crippen LogP contribution in [0.25, 0.3) is 0 Å². The molecule has 3 amide bonds. The predicted octanol–water partition coefficient (Wildman–Crippen LogP) is 8.57. The fraction of sp³-hybridized carbons (Fsp3) is 0.312. The number of methoxy groups -OCH3 is 1. The number of hydrogen-bond donors (Lipinski definition) is 1. The summed E-state index contributed by atoms with van der Waals surface area (Å²) in [4.78, 5) is 49.2. The first kappa shape index (κ1) is 40.0. The van der Waals surface area contributed by atoms with E-state index in [1.807, 2.05) is 84.9 Å². The van der Waals surface area contributed by atoms with Gasteiger partial charge in [-0.15, -0.1) is 0 Å². The highest BCUT2D eigenvalue weighted by Crippen LogP contribution is 2.60. The van der Waals surface area contributed by atoms with Gasteiger partial charge >= 0.3 is 0 Å². The van der Waals surface area contributed by atoms with Gasteiger partial charge in [0.25, 0.3) is 11.8 Å². The summed E-state index contributed by atoms with van der Waals surface area (Å²) in [5, 5.41) is 11.8. The zero-order valence-corrected chi connectivity index (χ0v) is 35.9. The minimum atomic E-state index is -2.54. The molecule has 4 aliphatic rings. The van der Waals surface area contributed by atoms with Crippen molar-refractivity contribution in [3.8, 4) is 17.2 Å². The van der Waals surface area contributed by atoms with Crippen molar-refractivity contribution in [3.63, 3.8) is 0 Å². The number of aliphatic hydroxyl groups excluding tert-OH is 1. The molecule has 12 heteroatoms. The number of carbonyl (C=O) groups excluding carboxylic acids is 3. The largest absolute Gasteiger partial charge is 0.497 e. The molecule has 5 aromatic rings. The van der Waals surface area contributed by atoms with E-state index in [0.717, 1.165) is 29.3 Å². The molecule has 4 aliphatic heterocycles. The molecule has 5 aromatic carbocycles. The van der Waals surface area contributed by atoms with Crippen LogP contribution in [0.5, 0.6) is 17.2 Å². The fourth-order valence-corrected chi connectivity index (χ4v) is 14.5. The smallest absolute Gasteiger partial charge is 0.266 e. The van der Waals surface area contributed by atoms with Gasteiger partial charge in [0, 0.05) is 28.7 Å². The van der Waals surface area contributed by atoms with E-state index in [0.29, 0.717) is 51.3 Å². The van der Waals surface area contributed by atoms with Crippen molar-refractivity contribution in [3.05, 3.63) is 137 Å². The van der Waals surface area contributed by atoms with Gasteiger partial charge in [0.05, 0.1) is 63.8 Å². The molecule has 0 radical (unpaired) electrons. The number of hydrogen-bond acceptors (Lipinski definition) is 7. The Hall–Kier alpha value is -5.46. The molecule has 4 heterocycles. The molecule has 308 valence electrons. The Balaban J connectivity index is 1.10. The summed E-state index contributed by atoms with van der Waals surface area (Å²) in [6.07, 6.45) is 1.08. The summed E-state index contributed by atoms with van der Waals surface area (Å²) in [7, 11) is -0.893. The third kappa shape index (κ3) is 6.50. The maximum absolute atomic E-state index is 15.5. The second-order valence-corrected chi connectivity index (χ2v) is 22.0. The van der Waals surface area contributed by atoms with Gasteiger partial charge in [-0.05, 0) is 90.7 Å². The molecular weight excluding hydrogens is 794 g/mol. The first-order chi connectivity index (χ1) is 29.0. The van der Waals surface area contributed by atoms with E-state index in [1.165, 1.54) is 0 Å². The van der Waals surface area contributed by atoms with Crippen molar-refractivity contribution in [2.75, 3.05) is 30.1 Å². The van der Waals surface area contributed by atoms with E-state index < -0.39 is 19.8 Å². The van der Waals surface area contributed by atoms with E-state index in [2.05, 4.69) is 32.2 Å². The molecule has 5 atom stereocenters. The molecule has 10 nitrogen and oxygen atoms in total. The van der Waals surface area contributed by atoms with Gasteiger partial charge < -0.3 is 29.1 Å². The van der Waals surface area contributed by atoms with Gasteiger partial charge in [0.15, 0.2) is 11.4 Å². The Labute approximate surface area is 356 Å². The molecule has 0 aliphatic carbocycles. The third-order valence-electron chi connectivity index (χ3n) is 13.2. The summed E-state index contributed by atoms with van der Waals surface area (Å²) in [6.45, 7) is 7.35. The SMILES string of the molecule is COc1ccc([Si](C)(C)[C@@H]2[C@@H](CC(=O)N3CCC[C@H]3CO)O[C@]3(C(=O)N(Cc4cccc(N5C(=O)c6ccccc6Oc6ccccc65)c4)c4ccc(Cl)cc43)[C@H]2C)cc1. The quantitative estimate of drug-likeness (QED) is 0.148. The van der Waals surface area contributed by atoms with Crippen LogP contribution in [0, 0.1) is 5.92 Å². The number of fused-ring (bicyclic) bond motifs is 4. The summed E-state index contributed by atoms with van der Waals surface area (Å²) in [5.41, 5.74) is 2.26. The molecule has 0 unspecified atom stereocenters. The second-order valence-electron chi connectivity index (χ2n) is 16.9. The minimum Gasteiger partial charge on any atom is -0.497 e. The number of nitrogens with zero attached hydrogens (tertiary/aromatic N) is 3. The molecule has 1 N–H and O–H groups in total. The number of amides is 3. The molecule has 0 bridgehead atoms. The molecule has 0 aromatic heterocycles. The van der Waals surface area contributed by atoms with E-state index in [1.54, 1.807) is 40.0 Å². The van der Waals surface area contributed by atoms with Crippen molar-refractivity contribution in [2.24, 2.45) is 5.92 Å². The first-order valence-electron chi connectivity index (χ1n) is 20.6. The number of benzene rings is 5. The zero-order valence-electron chi connectivity index (χ0n) is 34.1. The average molecular weight is 842 g/mol. The molecular formula is C48H48ClN3O7Si. The molecule has 9 rings (SSSR count). The number of aliphatic hydroxyl groups is 1. The van der Waals surface area contributed by atoms with Gasteiger partial charge in [-0.25, -0.2) is 0 Å². The Kier molecular flexibility index (Phi) is 10.3. The maximum atomic E-state index is 15.5. The number of carbonyl (C=O) groups is 3. The minimum absolute atomic E-state index is 0.0755. The van der Waals surface area contributed by atoms with E-state index in [-0.39, 0.29) is 54.8 Å². The van der Waals surface area contributed by atoms with Crippen molar-refractivity contribution >= 4 is 59.6 Å². The molecule has 0 saturated carbocycles. The lowest BCUT2D eigenvalue weighted by molar-refractivity contribution is -0.150. The summed E-state index contributed by atoms with van der Waals surface area (Å²) >= 11 is 6.77. The van der Waals surface area contributed by atoms with Crippen LogP contribution in [0.1, 0.15) is 47.7 Å².